The summed E-state index contributed by atoms with van der Waals surface area (Å²) in [5, 5.41) is 0.944. The molecule has 1 aliphatic rings. The Balaban J connectivity index is 2.14. The first-order valence-electron chi connectivity index (χ1n) is 6.67. The van der Waals surface area contributed by atoms with Gasteiger partial charge in [-0.05, 0) is 30.4 Å². The van der Waals surface area contributed by atoms with Gasteiger partial charge in [-0.1, -0.05) is 55.1 Å². The van der Waals surface area contributed by atoms with Gasteiger partial charge in [-0.3, -0.25) is 4.79 Å². The van der Waals surface area contributed by atoms with Crippen LogP contribution in [0.25, 0.3) is 0 Å². The first-order valence-corrected chi connectivity index (χ1v) is 7.43. The van der Waals surface area contributed by atoms with Crippen molar-refractivity contribution in [3.05, 3.63) is 33.8 Å². The average Bonchev–Trinajstić information content (AvgIpc) is 2.34. The molecule has 0 aromatic heterocycles. The molecule has 1 aromatic carbocycles. The Bertz CT molecular complexity index is 489. The summed E-state index contributed by atoms with van der Waals surface area (Å²) < 4.78 is 0. The average molecular weight is 300 g/mol. The molecule has 0 amide bonds. The van der Waals surface area contributed by atoms with E-state index in [2.05, 4.69) is 6.92 Å². The van der Waals surface area contributed by atoms with Gasteiger partial charge in [0.05, 0.1) is 15.6 Å². The largest absolute Gasteiger partial charge is 0.319 e. The zero-order chi connectivity index (χ0) is 14.0. The highest BCUT2D eigenvalue weighted by Crippen LogP contribution is 2.33. The Morgan fingerprint density at radius 2 is 2.21 bits per heavy atom. The second kappa shape index (κ2) is 5.82. The van der Waals surface area contributed by atoms with E-state index >= 15 is 0 Å². The summed E-state index contributed by atoms with van der Waals surface area (Å²) in [6.45, 7) is 2.15. The Hall–Kier alpha value is -0.570. The van der Waals surface area contributed by atoms with Crippen molar-refractivity contribution in [2.45, 2.75) is 44.6 Å². The molecule has 2 unspecified atom stereocenters. The van der Waals surface area contributed by atoms with E-state index in [1.54, 1.807) is 6.07 Å². The zero-order valence-corrected chi connectivity index (χ0v) is 12.6. The molecule has 2 nitrogen and oxygen atoms in total. The predicted octanol–water partition coefficient (Wildman–Crippen LogP) is 4.01. The van der Waals surface area contributed by atoms with Crippen LogP contribution < -0.4 is 5.73 Å². The van der Waals surface area contributed by atoms with Crippen LogP contribution in [-0.4, -0.2) is 11.3 Å². The van der Waals surface area contributed by atoms with Gasteiger partial charge in [0, 0.05) is 6.42 Å². The van der Waals surface area contributed by atoms with Crippen molar-refractivity contribution in [3.8, 4) is 0 Å². The fourth-order valence-corrected chi connectivity index (χ4v) is 3.27. The Morgan fingerprint density at radius 1 is 1.47 bits per heavy atom. The fraction of sp³-hybridized carbons (Fsp3) is 0.533. The van der Waals surface area contributed by atoms with Crippen LogP contribution in [-0.2, 0) is 11.2 Å². The maximum atomic E-state index is 12.5. The zero-order valence-electron chi connectivity index (χ0n) is 11.1. The number of nitrogens with two attached hydrogens (primary N) is 1. The molecule has 0 heterocycles. The smallest absolute Gasteiger partial charge is 0.157 e. The highest BCUT2D eigenvalue weighted by Gasteiger charge is 2.37. The minimum absolute atomic E-state index is 0.0724. The molecule has 1 aliphatic carbocycles. The number of benzene rings is 1. The van der Waals surface area contributed by atoms with Gasteiger partial charge in [-0.25, -0.2) is 0 Å². The normalized spacial score (nSPS) is 27.3. The van der Waals surface area contributed by atoms with Gasteiger partial charge in [0.2, 0.25) is 0 Å². The van der Waals surface area contributed by atoms with Crippen LogP contribution >= 0.6 is 23.2 Å². The Morgan fingerprint density at radius 3 is 2.89 bits per heavy atom. The fourth-order valence-electron chi connectivity index (χ4n) is 2.88. The molecule has 2 rings (SSSR count). The van der Waals surface area contributed by atoms with Crippen LogP contribution in [0, 0.1) is 5.92 Å². The quantitative estimate of drug-likeness (QED) is 0.916. The lowest BCUT2D eigenvalue weighted by molar-refractivity contribution is -0.125. The second-order valence-corrected chi connectivity index (χ2v) is 6.46. The van der Waals surface area contributed by atoms with Gasteiger partial charge in [0.15, 0.2) is 5.78 Å². The van der Waals surface area contributed by atoms with E-state index < -0.39 is 5.54 Å². The Kier molecular flexibility index (Phi) is 4.54. The third-order valence-electron chi connectivity index (χ3n) is 3.97. The summed E-state index contributed by atoms with van der Waals surface area (Å²) in [4.78, 5) is 12.5. The SMILES string of the molecule is CC1CCCC(N)(C(=O)Cc2cccc(Cl)c2Cl)C1. The van der Waals surface area contributed by atoms with Crippen LogP contribution in [0.15, 0.2) is 18.2 Å². The number of hydrogen-bond donors (Lipinski definition) is 1. The van der Waals surface area contributed by atoms with Crippen molar-refractivity contribution < 1.29 is 4.79 Å². The molecule has 2 atom stereocenters. The summed E-state index contributed by atoms with van der Waals surface area (Å²) in [5.74, 6) is 0.584. The molecule has 1 fully saturated rings. The van der Waals surface area contributed by atoms with Gasteiger partial charge in [0.25, 0.3) is 0 Å². The van der Waals surface area contributed by atoms with E-state index in [-0.39, 0.29) is 12.2 Å². The molecule has 4 heteroatoms. The third kappa shape index (κ3) is 3.31. The van der Waals surface area contributed by atoms with E-state index in [0.717, 1.165) is 31.2 Å². The lowest BCUT2D eigenvalue weighted by atomic mass is 9.73. The number of carbonyl (C=O) groups excluding carboxylic acids is 1. The van der Waals surface area contributed by atoms with E-state index in [0.29, 0.717) is 16.0 Å². The summed E-state index contributed by atoms with van der Waals surface area (Å²) in [6, 6.07) is 5.37. The minimum atomic E-state index is -0.691. The van der Waals surface area contributed by atoms with Crippen LogP contribution in [0.1, 0.15) is 38.2 Å². The number of carbonyl (C=O) groups is 1. The van der Waals surface area contributed by atoms with Gasteiger partial charge in [0.1, 0.15) is 0 Å². The molecule has 104 valence electrons. The van der Waals surface area contributed by atoms with Gasteiger partial charge < -0.3 is 5.73 Å². The highest BCUT2D eigenvalue weighted by molar-refractivity contribution is 6.42. The van der Waals surface area contributed by atoms with Crippen molar-refractivity contribution in [1.82, 2.24) is 0 Å². The van der Waals surface area contributed by atoms with Crippen molar-refractivity contribution in [2.75, 3.05) is 0 Å². The van der Waals surface area contributed by atoms with Crippen molar-refractivity contribution in [3.63, 3.8) is 0 Å². The lowest BCUT2D eigenvalue weighted by Crippen LogP contribution is -2.51. The van der Waals surface area contributed by atoms with E-state index in [1.807, 2.05) is 12.1 Å². The molecule has 19 heavy (non-hydrogen) atoms. The Labute approximate surface area is 124 Å². The minimum Gasteiger partial charge on any atom is -0.319 e. The number of halogens is 2. The van der Waals surface area contributed by atoms with E-state index in [9.17, 15) is 4.79 Å². The molecular weight excluding hydrogens is 281 g/mol. The maximum absolute atomic E-state index is 12.5. The first kappa shape index (κ1) is 14.8. The van der Waals surface area contributed by atoms with Gasteiger partial charge >= 0.3 is 0 Å². The van der Waals surface area contributed by atoms with Crippen molar-refractivity contribution in [1.29, 1.82) is 0 Å². The summed E-state index contributed by atoms with van der Waals surface area (Å²) in [7, 11) is 0. The molecule has 1 saturated carbocycles. The molecule has 0 bridgehead atoms. The van der Waals surface area contributed by atoms with E-state index in [4.69, 9.17) is 28.9 Å². The highest BCUT2D eigenvalue weighted by atomic mass is 35.5. The molecular formula is C15H19Cl2NO. The summed E-state index contributed by atoms with van der Waals surface area (Å²) in [6.07, 6.45) is 3.98. The van der Waals surface area contributed by atoms with Gasteiger partial charge in [-0.2, -0.15) is 0 Å². The summed E-state index contributed by atoms with van der Waals surface area (Å²) in [5.41, 5.74) is 6.38. The number of Topliss-reactive ketones (excluding diaryl/α,β-unsaturated/α-hetero) is 1. The van der Waals surface area contributed by atoms with Crippen LogP contribution in [0.3, 0.4) is 0 Å². The maximum Gasteiger partial charge on any atom is 0.157 e. The predicted molar refractivity (Wildman–Crippen MR) is 79.7 cm³/mol. The number of hydrogen-bond acceptors (Lipinski definition) is 2. The van der Waals surface area contributed by atoms with Crippen LogP contribution in [0.5, 0.6) is 0 Å². The molecule has 0 aliphatic heterocycles. The monoisotopic (exact) mass is 299 g/mol. The lowest BCUT2D eigenvalue weighted by Gasteiger charge is -2.35. The van der Waals surface area contributed by atoms with Crippen molar-refractivity contribution >= 4 is 29.0 Å². The molecule has 2 N–H and O–H groups in total. The number of ketones is 1. The molecule has 0 spiro atoms. The summed E-state index contributed by atoms with van der Waals surface area (Å²) >= 11 is 12.1. The third-order valence-corrected chi connectivity index (χ3v) is 4.83. The number of rotatable bonds is 3. The van der Waals surface area contributed by atoms with Crippen LogP contribution in [0.2, 0.25) is 10.0 Å². The molecule has 0 saturated heterocycles. The standard InChI is InChI=1S/C15H19Cl2NO/c1-10-4-3-7-15(18,9-10)13(19)8-11-5-2-6-12(16)14(11)17/h2,5-6,10H,3-4,7-9,18H2,1H3. The van der Waals surface area contributed by atoms with Crippen molar-refractivity contribution in [2.24, 2.45) is 11.7 Å². The second-order valence-electron chi connectivity index (χ2n) is 5.67. The topological polar surface area (TPSA) is 43.1 Å². The molecule has 1 aromatic rings. The molecule has 0 radical (unpaired) electrons. The van der Waals surface area contributed by atoms with Gasteiger partial charge in [-0.15, -0.1) is 0 Å². The first-order chi connectivity index (χ1) is 8.92. The van der Waals surface area contributed by atoms with E-state index in [1.165, 1.54) is 0 Å². The van der Waals surface area contributed by atoms with Crippen LogP contribution in [0.4, 0.5) is 0 Å².